The summed E-state index contributed by atoms with van der Waals surface area (Å²) in [6, 6.07) is 0. The van der Waals surface area contributed by atoms with Gasteiger partial charge in [-0.05, 0) is 25.8 Å². The van der Waals surface area contributed by atoms with Crippen molar-refractivity contribution in [1.82, 2.24) is 9.80 Å². The molecule has 0 spiro atoms. The van der Waals surface area contributed by atoms with Gasteiger partial charge in [0.05, 0.1) is 0 Å². The molecule has 0 aliphatic carbocycles. The van der Waals surface area contributed by atoms with Crippen molar-refractivity contribution in [3.8, 4) is 0 Å². The van der Waals surface area contributed by atoms with Crippen molar-refractivity contribution in [1.29, 1.82) is 0 Å². The van der Waals surface area contributed by atoms with Crippen LogP contribution < -0.4 is 0 Å². The van der Waals surface area contributed by atoms with Crippen molar-refractivity contribution < 1.29 is 9.53 Å². The van der Waals surface area contributed by atoms with E-state index in [0.29, 0.717) is 5.88 Å². The number of rotatable bonds is 3. The van der Waals surface area contributed by atoms with Gasteiger partial charge in [0, 0.05) is 38.7 Å². The molecule has 0 aromatic rings. The van der Waals surface area contributed by atoms with E-state index in [4.69, 9.17) is 16.3 Å². The Morgan fingerprint density at radius 1 is 1.24 bits per heavy atom. The highest BCUT2D eigenvalue weighted by Crippen LogP contribution is 2.16. The van der Waals surface area contributed by atoms with Gasteiger partial charge >= 0.3 is 0 Å². The molecule has 98 valence electrons. The first-order valence-electron chi connectivity index (χ1n) is 6.50. The molecule has 17 heavy (non-hydrogen) atoms. The number of ether oxygens (including phenoxy) is 1. The third-order valence-corrected chi connectivity index (χ3v) is 3.68. The van der Waals surface area contributed by atoms with Gasteiger partial charge in [-0.2, -0.15) is 0 Å². The second kappa shape index (κ2) is 6.57. The summed E-state index contributed by atoms with van der Waals surface area (Å²) in [7, 11) is 0. The van der Waals surface area contributed by atoms with E-state index in [0.717, 1.165) is 58.6 Å². The van der Waals surface area contributed by atoms with E-state index in [1.54, 1.807) is 0 Å². The van der Waals surface area contributed by atoms with E-state index in [1.807, 2.05) is 4.90 Å². The van der Waals surface area contributed by atoms with Crippen molar-refractivity contribution in [2.75, 3.05) is 45.2 Å². The van der Waals surface area contributed by atoms with Crippen LogP contribution in [0, 0.1) is 0 Å². The number of alkyl halides is 1. The molecule has 1 atom stereocenters. The summed E-state index contributed by atoms with van der Waals surface area (Å²) in [6.45, 7) is 5.31. The summed E-state index contributed by atoms with van der Waals surface area (Å²) in [6.07, 6.45) is 2.77. The van der Waals surface area contributed by atoms with Gasteiger partial charge in [-0.25, -0.2) is 0 Å². The lowest BCUT2D eigenvalue weighted by molar-refractivity contribution is -0.140. The summed E-state index contributed by atoms with van der Waals surface area (Å²) in [5, 5.41) is 0. The maximum absolute atomic E-state index is 12.2. The summed E-state index contributed by atoms with van der Waals surface area (Å²) in [4.78, 5) is 16.5. The van der Waals surface area contributed by atoms with Gasteiger partial charge in [0.2, 0.25) is 0 Å². The molecule has 0 aromatic heterocycles. The van der Waals surface area contributed by atoms with Crippen LogP contribution >= 0.6 is 11.6 Å². The van der Waals surface area contributed by atoms with Crippen molar-refractivity contribution in [2.45, 2.75) is 25.4 Å². The molecule has 5 heteroatoms. The molecule has 2 rings (SSSR count). The van der Waals surface area contributed by atoms with E-state index in [-0.39, 0.29) is 12.0 Å². The molecule has 2 aliphatic heterocycles. The SMILES string of the molecule is O=C(C1CCCO1)N1CCCN(CCCl)CC1. The zero-order valence-electron chi connectivity index (χ0n) is 10.2. The fourth-order valence-electron chi connectivity index (χ4n) is 2.51. The smallest absolute Gasteiger partial charge is 0.251 e. The molecule has 1 unspecified atom stereocenters. The van der Waals surface area contributed by atoms with Crippen LogP contribution in [0.2, 0.25) is 0 Å². The standard InChI is InChI=1S/C12H21ClN2O2/c13-4-7-14-5-2-6-15(9-8-14)12(16)11-3-1-10-17-11/h11H,1-10H2. The van der Waals surface area contributed by atoms with Crippen LogP contribution in [0.15, 0.2) is 0 Å². The fraction of sp³-hybridized carbons (Fsp3) is 0.917. The van der Waals surface area contributed by atoms with Crippen LogP contribution in [-0.2, 0) is 9.53 Å². The van der Waals surface area contributed by atoms with E-state index < -0.39 is 0 Å². The highest BCUT2D eigenvalue weighted by molar-refractivity contribution is 6.18. The number of hydrogen-bond donors (Lipinski definition) is 0. The maximum Gasteiger partial charge on any atom is 0.251 e. The summed E-state index contributed by atoms with van der Waals surface area (Å²) >= 11 is 5.75. The van der Waals surface area contributed by atoms with Crippen LogP contribution in [-0.4, -0.2) is 67.0 Å². The van der Waals surface area contributed by atoms with Crippen molar-refractivity contribution in [2.24, 2.45) is 0 Å². The maximum atomic E-state index is 12.2. The minimum atomic E-state index is -0.172. The average molecular weight is 261 g/mol. The van der Waals surface area contributed by atoms with Crippen LogP contribution in [0.3, 0.4) is 0 Å². The second-order valence-electron chi connectivity index (χ2n) is 4.71. The first-order valence-corrected chi connectivity index (χ1v) is 7.03. The van der Waals surface area contributed by atoms with Gasteiger partial charge in [-0.3, -0.25) is 4.79 Å². The average Bonchev–Trinajstić information content (AvgIpc) is 2.76. The van der Waals surface area contributed by atoms with Crippen LogP contribution in [0.25, 0.3) is 0 Å². The quantitative estimate of drug-likeness (QED) is 0.708. The molecule has 2 saturated heterocycles. The second-order valence-corrected chi connectivity index (χ2v) is 5.09. The predicted octanol–water partition coefficient (Wildman–Crippen LogP) is 0.939. The molecule has 0 radical (unpaired) electrons. The minimum absolute atomic E-state index is 0.172. The molecule has 1 amide bonds. The van der Waals surface area contributed by atoms with E-state index in [9.17, 15) is 4.79 Å². The lowest BCUT2D eigenvalue weighted by Gasteiger charge is -2.23. The first kappa shape index (κ1) is 13.1. The largest absolute Gasteiger partial charge is 0.368 e. The fourth-order valence-corrected chi connectivity index (χ4v) is 2.75. The summed E-state index contributed by atoms with van der Waals surface area (Å²) in [5.41, 5.74) is 0. The number of hydrogen-bond acceptors (Lipinski definition) is 3. The number of amides is 1. The molecule has 2 aliphatic rings. The molecule has 0 saturated carbocycles. The molecular weight excluding hydrogens is 240 g/mol. The van der Waals surface area contributed by atoms with E-state index >= 15 is 0 Å². The van der Waals surface area contributed by atoms with Gasteiger partial charge in [0.15, 0.2) is 0 Å². The minimum Gasteiger partial charge on any atom is -0.368 e. The van der Waals surface area contributed by atoms with Crippen molar-refractivity contribution in [3.05, 3.63) is 0 Å². The number of carbonyl (C=O) groups is 1. The van der Waals surface area contributed by atoms with E-state index in [2.05, 4.69) is 4.90 Å². The molecule has 0 bridgehead atoms. The van der Waals surface area contributed by atoms with Gasteiger partial charge < -0.3 is 14.5 Å². The third-order valence-electron chi connectivity index (χ3n) is 3.51. The Balaban J connectivity index is 1.83. The van der Waals surface area contributed by atoms with Gasteiger partial charge in [-0.15, -0.1) is 11.6 Å². The van der Waals surface area contributed by atoms with Crippen molar-refractivity contribution >= 4 is 17.5 Å². The molecule has 4 nitrogen and oxygen atoms in total. The topological polar surface area (TPSA) is 32.8 Å². The Morgan fingerprint density at radius 2 is 2.12 bits per heavy atom. The van der Waals surface area contributed by atoms with Crippen LogP contribution in [0.1, 0.15) is 19.3 Å². The monoisotopic (exact) mass is 260 g/mol. The molecule has 2 fully saturated rings. The molecular formula is C12H21ClN2O2. The Hall–Kier alpha value is -0.320. The number of halogens is 1. The summed E-state index contributed by atoms with van der Waals surface area (Å²) in [5.74, 6) is 0.856. The molecule has 0 N–H and O–H groups in total. The van der Waals surface area contributed by atoms with E-state index in [1.165, 1.54) is 0 Å². The molecule has 0 aromatic carbocycles. The third kappa shape index (κ3) is 3.57. The normalized spacial score (nSPS) is 27.1. The van der Waals surface area contributed by atoms with Crippen LogP contribution in [0.4, 0.5) is 0 Å². The van der Waals surface area contributed by atoms with Crippen molar-refractivity contribution in [3.63, 3.8) is 0 Å². The lowest BCUT2D eigenvalue weighted by Crippen LogP contribution is -2.41. The van der Waals surface area contributed by atoms with Gasteiger partial charge in [0.25, 0.3) is 5.91 Å². The van der Waals surface area contributed by atoms with Crippen LogP contribution in [0.5, 0.6) is 0 Å². The first-order chi connectivity index (χ1) is 8.31. The number of nitrogens with zero attached hydrogens (tertiary/aromatic N) is 2. The summed E-state index contributed by atoms with van der Waals surface area (Å²) < 4.78 is 5.46. The lowest BCUT2D eigenvalue weighted by atomic mass is 10.2. The predicted molar refractivity (Wildman–Crippen MR) is 67.3 cm³/mol. The Labute approximate surface area is 108 Å². The Bertz CT molecular complexity index is 257. The van der Waals surface area contributed by atoms with Gasteiger partial charge in [0.1, 0.15) is 6.10 Å². The zero-order chi connectivity index (χ0) is 12.1. The Kier molecular flexibility index (Phi) is 5.07. The Morgan fingerprint density at radius 3 is 2.82 bits per heavy atom. The molecule has 2 heterocycles. The van der Waals surface area contributed by atoms with Gasteiger partial charge in [-0.1, -0.05) is 0 Å². The highest BCUT2D eigenvalue weighted by Gasteiger charge is 2.29. The zero-order valence-corrected chi connectivity index (χ0v) is 11.0. The highest BCUT2D eigenvalue weighted by atomic mass is 35.5. The number of carbonyl (C=O) groups excluding carboxylic acids is 1.